The fourth-order valence-corrected chi connectivity index (χ4v) is 1.25. The van der Waals surface area contributed by atoms with Crippen LogP contribution in [0.2, 0.25) is 0 Å². The highest BCUT2D eigenvalue weighted by atomic mass is 16.7. The lowest BCUT2D eigenvalue weighted by Gasteiger charge is -2.14. The highest BCUT2D eigenvalue weighted by molar-refractivity contribution is 4.77. The van der Waals surface area contributed by atoms with Crippen molar-refractivity contribution in [3.05, 3.63) is 0 Å². The molecular weight excluding hydrogens is 160 g/mol. The standard InChI is InChI=1S/C8H16O4/c1-5(2)11-8-3-6(10)7(4-9)12-8/h5-10H,3-4H2,1-2H3. The summed E-state index contributed by atoms with van der Waals surface area (Å²) in [6, 6.07) is 0. The van der Waals surface area contributed by atoms with Crippen LogP contribution in [0.15, 0.2) is 0 Å². The van der Waals surface area contributed by atoms with Gasteiger partial charge in [-0.25, -0.2) is 0 Å². The summed E-state index contributed by atoms with van der Waals surface area (Å²) in [5.41, 5.74) is 0. The Labute approximate surface area is 72.1 Å². The van der Waals surface area contributed by atoms with Crippen molar-refractivity contribution in [3.63, 3.8) is 0 Å². The van der Waals surface area contributed by atoms with E-state index in [9.17, 15) is 5.11 Å². The van der Waals surface area contributed by atoms with E-state index >= 15 is 0 Å². The van der Waals surface area contributed by atoms with E-state index in [-0.39, 0.29) is 19.0 Å². The minimum absolute atomic E-state index is 0.0830. The third-order valence-electron chi connectivity index (χ3n) is 1.79. The summed E-state index contributed by atoms with van der Waals surface area (Å²) >= 11 is 0. The number of aliphatic hydroxyl groups excluding tert-OH is 2. The average Bonchev–Trinajstić information content (AvgIpc) is 2.29. The highest BCUT2D eigenvalue weighted by Crippen LogP contribution is 2.21. The van der Waals surface area contributed by atoms with Crippen LogP contribution in [0.25, 0.3) is 0 Å². The van der Waals surface area contributed by atoms with E-state index in [4.69, 9.17) is 14.6 Å². The number of rotatable bonds is 3. The average molecular weight is 176 g/mol. The molecule has 4 heteroatoms. The fourth-order valence-electron chi connectivity index (χ4n) is 1.25. The van der Waals surface area contributed by atoms with Gasteiger partial charge in [-0.05, 0) is 13.8 Å². The molecule has 0 aromatic heterocycles. The first kappa shape index (κ1) is 9.92. The second-order valence-corrected chi connectivity index (χ2v) is 3.27. The third-order valence-corrected chi connectivity index (χ3v) is 1.79. The molecule has 1 heterocycles. The summed E-state index contributed by atoms with van der Waals surface area (Å²) in [4.78, 5) is 0. The maximum absolute atomic E-state index is 9.31. The van der Waals surface area contributed by atoms with Gasteiger partial charge in [0.1, 0.15) is 6.10 Å². The Hall–Kier alpha value is -0.160. The van der Waals surface area contributed by atoms with Crippen LogP contribution in [0.4, 0.5) is 0 Å². The predicted octanol–water partition coefficient (Wildman–Crippen LogP) is -0.120. The minimum Gasteiger partial charge on any atom is -0.394 e. The van der Waals surface area contributed by atoms with E-state index in [2.05, 4.69) is 0 Å². The molecule has 1 fully saturated rings. The van der Waals surface area contributed by atoms with E-state index in [0.717, 1.165) is 0 Å². The summed E-state index contributed by atoms with van der Waals surface area (Å²) < 4.78 is 10.5. The fraction of sp³-hybridized carbons (Fsp3) is 1.00. The van der Waals surface area contributed by atoms with Gasteiger partial charge in [-0.2, -0.15) is 0 Å². The van der Waals surface area contributed by atoms with Gasteiger partial charge >= 0.3 is 0 Å². The van der Waals surface area contributed by atoms with Gasteiger partial charge in [0, 0.05) is 6.42 Å². The first-order chi connectivity index (χ1) is 5.63. The van der Waals surface area contributed by atoms with Crippen molar-refractivity contribution in [3.8, 4) is 0 Å². The molecule has 2 N–H and O–H groups in total. The maximum Gasteiger partial charge on any atom is 0.161 e. The molecule has 0 aromatic rings. The lowest BCUT2D eigenvalue weighted by Crippen LogP contribution is -2.24. The van der Waals surface area contributed by atoms with Gasteiger partial charge in [0.2, 0.25) is 0 Å². The maximum atomic E-state index is 9.31. The molecule has 0 aromatic carbocycles. The predicted molar refractivity (Wildman–Crippen MR) is 42.6 cm³/mol. The molecule has 0 spiro atoms. The Morgan fingerprint density at radius 3 is 2.67 bits per heavy atom. The van der Waals surface area contributed by atoms with Crippen molar-refractivity contribution in [1.82, 2.24) is 0 Å². The number of ether oxygens (including phenoxy) is 2. The molecule has 12 heavy (non-hydrogen) atoms. The molecule has 1 saturated heterocycles. The molecule has 0 bridgehead atoms. The van der Waals surface area contributed by atoms with Crippen LogP contribution in [0.1, 0.15) is 20.3 Å². The molecule has 4 nitrogen and oxygen atoms in total. The van der Waals surface area contributed by atoms with Crippen molar-refractivity contribution in [1.29, 1.82) is 0 Å². The van der Waals surface area contributed by atoms with Crippen molar-refractivity contribution >= 4 is 0 Å². The van der Waals surface area contributed by atoms with Crippen molar-refractivity contribution in [2.24, 2.45) is 0 Å². The number of hydrogen-bond donors (Lipinski definition) is 2. The molecule has 1 rings (SSSR count). The molecule has 3 atom stereocenters. The van der Waals surface area contributed by atoms with Crippen LogP contribution >= 0.6 is 0 Å². The number of hydrogen-bond acceptors (Lipinski definition) is 4. The van der Waals surface area contributed by atoms with Crippen LogP contribution in [-0.2, 0) is 9.47 Å². The number of aliphatic hydroxyl groups is 2. The Kier molecular flexibility index (Phi) is 3.46. The van der Waals surface area contributed by atoms with Gasteiger partial charge in [-0.15, -0.1) is 0 Å². The van der Waals surface area contributed by atoms with Gasteiger partial charge in [0.05, 0.1) is 18.8 Å². The van der Waals surface area contributed by atoms with Gasteiger partial charge in [-0.3, -0.25) is 0 Å². The quantitative estimate of drug-likeness (QED) is 0.629. The van der Waals surface area contributed by atoms with E-state index in [0.29, 0.717) is 6.42 Å². The zero-order valence-corrected chi connectivity index (χ0v) is 7.43. The molecule has 3 unspecified atom stereocenters. The van der Waals surface area contributed by atoms with Gasteiger partial charge in [0.25, 0.3) is 0 Å². The van der Waals surface area contributed by atoms with E-state index < -0.39 is 12.2 Å². The van der Waals surface area contributed by atoms with Crippen LogP contribution < -0.4 is 0 Å². The van der Waals surface area contributed by atoms with Gasteiger partial charge < -0.3 is 19.7 Å². The molecule has 0 amide bonds. The second-order valence-electron chi connectivity index (χ2n) is 3.27. The Balaban J connectivity index is 2.33. The normalized spacial score (nSPS) is 36.2. The largest absolute Gasteiger partial charge is 0.394 e. The third kappa shape index (κ3) is 2.42. The van der Waals surface area contributed by atoms with Crippen molar-refractivity contribution < 1.29 is 19.7 Å². The van der Waals surface area contributed by atoms with Crippen LogP contribution in [0.3, 0.4) is 0 Å². The summed E-state index contributed by atoms with van der Waals surface area (Å²) in [7, 11) is 0. The lowest BCUT2D eigenvalue weighted by molar-refractivity contribution is -0.161. The zero-order chi connectivity index (χ0) is 9.14. The Bertz CT molecular complexity index is 137. The lowest BCUT2D eigenvalue weighted by atomic mass is 10.2. The Morgan fingerprint density at radius 2 is 2.25 bits per heavy atom. The molecular formula is C8H16O4. The smallest absolute Gasteiger partial charge is 0.161 e. The van der Waals surface area contributed by atoms with E-state index in [1.807, 2.05) is 13.8 Å². The Morgan fingerprint density at radius 1 is 1.58 bits per heavy atom. The minimum atomic E-state index is -0.598. The molecule has 1 aliphatic rings. The monoisotopic (exact) mass is 176 g/mol. The zero-order valence-electron chi connectivity index (χ0n) is 7.43. The van der Waals surface area contributed by atoms with Crippen LogP contribution in [-0.4, -0.2) is 41.4 Å². The van der Waals surface area contributed by atoms with E-state index in [1.54, 1.807) is 0 Å². The first-order valence-corrected chi connectivity index (χ1v) is 4.23. The molecule has 0 radical (unpaired) electrons. The molecule has 72 valence electrons. The molecule has 0 aliphatic carbocycles. The molecule has 0 saturated carbocycles. The van der Waals surface area contributed by atoms with E-state index in [1.165, 1.54) is 0 Å². The topological polar surface area (TPSA) is 58.9 Å². The highest BCUT2D eigenvalue weighted by Gasteiger charge is 2.34. The van der Waals surface area contributed by atoms with Gasteiger partial charge in [0.15, 0.2) is 6.29 Å². The summed E-state index contributed by atoms with van der Waals surface area (Å²) in [5, 5.41) is 18.1. The first-order valence-electron chi connectivity index (χ1n) is 4.23. The summed E-state index contributed by atoms with van der Waals surface area (Å²) in [5.74, 6) is 0. The summed E-state index contributed by atoms with van der Waals surface area (Å²) in [6.45, 7) is 3.66. The molecule has 1 aliphatic heterocycles. The van der Waals surface area contributed by atoms with Crippen LogP contribution in [0, 0.1) is 0 Å². The van der Waals surface area contributed by atoms with Crippen LogP contribution in [0.5, 0.6) is 0 Å². The van der Waals surface area contributed by atoms with Crippen molar-refractivity contribution in [2.75, 3.05) is 6.61 Å². The second kappa shape index (κ2) is 4.18. The van der Waals surface area contributed by atoms with Gasteiger partial charge in [-0.1, -0.05) is 0 Å². The summed E-state index contributed by atoms with van der Waals surface area (Å²) in [6.07, 6.45) is -0.909. The van der Waals surface area contributed by atoms with Crippen molar-refractivity contribution in [2.45, 2.75) is 44.9 Å². The SMILES string of the molecule is CC(C)OC1CC(O)C(CO)O1.